The average molecular weight is 486 g/mol. The molecule has 0 spiro atoms. The van der Waals surface area contributed by atoms with Gasteiger partial charge in [-0.05, 0) is 48.4 Å². The molecule has 1 atom stereocenters. The van der Waals surface area contributed by atoms with Gasteiger partial charge >= 0.3 is 0 Å². The van der Waals surface area contributed by atoms with Crippen molar-refractivity contribution in [2.75, 3.05) is 39.4 Å². The lowest BCUT2D eigenvalue weighted by Crippen LogP contribution is -2.38. The molecule has 9 nitrogen and oxygen atoms in total. The van der Waals surface area contributed by atoms with E-state index < -0.39 is 22.7 Å². The smallest absolute Gasteiger partial charge is 0.295 e. The van der Waals surface area contributed by atoms with Crippen molar-refractivity contribution in [3.63, 3.8) is 0 Å². The number of halogens is 1. The first kappa shape index (κ1) is 23.9. The van der Waals surface area contributed by atoms with E-state index in [0.717, 1.165) is 19.6 Å². The van der Waals surface area contributed by atoms with E-state index in [1.807, 2.05) is 0 Å². The van der Waals surface area contributed by atoms with E-state index in [2.05, 4.69) is 4.90 Å². The number of amides is 1. The Labute approximate surface area is 201 Å². The summed E-state index contributed by atoms with van der Waals surface area (Å²) in [5, 5.41) is 22.6. The number of ketones is 1. The molecule has 34 heavy (non-hydrogen) atoms. The van der Waals surface area contributed by atoms with Crippen LogP contribution in [0.5, 0.6) is 0 Å². The van der Waals surface area contributed by atoms with Crippen LogP contribution in [0.25, 0.3) is 5.76 Å². The van der Waals surface area contributed by atoms with Crippen LogP contribution in [0.4, 0.5) is 5.69 Å². The Balaban J connectivity index is 1.68. The van der Waals surface area contributed by atoms with Crippen molar-refractivity contribution >= 4 is 34.7 Å². The molecule has 1 unspecified atom stereocenters. The summed E-state index contributed by atoms with van der Waals surface area (Å²) in [4.78, 5) is 40.3. The zero-order valence-electron chi connectivity index (χ0n) is 18.4. The highest BCUT2D eigenvalue weighted by Crippen LogP contribution is 2.40. The van der Waals surface area contributed by atoms with Crippen LogP contribution in [-0.2, 0) is 14.3 Å². The zero-order valence-corrected chi connectivity index (χ0v) is 19.1. The molecule has 2 heterocycles. The molecule has 0 radical (unpaired) electrons. The minimum atomic E-state index is -0.860. The van der Waals surface area contributed by atoms with Crippen molar-refractivity contribution in [2.24, 2.45) is 0 Å². The molecule has 10 heteroatoms. The number of hydrogen-bond donors (Lipinski definition) is 1. The Kier molecular flexibility index (Phi) is 7.26. The highest BCUT2D eigenvalue weighted by atomic mass is 35.5. The van der Waals surface area contributed by atoms with Crippen molar-refractivity contribution in [3.8, 4) is 0 Å². The topological polar surface area (TPSA) is 113 Å². The molecular weight excluding hydrogens is 462 g/mol. The van der Waals surface area contributed by atoms with Crippen molar-refractivity contribution < 1.29 is 24.4 Å². The van der Waals surface area contributed by atoms with Gasteiger partial charge < -0.3 is 14.7 Å². The van der Waals surface area contributed by atoms with Gasteiger partial charge in [0.2, 0.25) is 0 Å². The molecule has 2 fully saturated rings. The molecule has 2 aromatic rings. The van der Waals surface area contributed by atoms with Crippen LogP contribution in [-0.4, -0.2) is 70.9 Å². The van der Waals surface area contributed by atoms with Crippen LogP contribution in [0.1, 0.15) is 23.6 Å². The molecule has 4 rings (SSSR count). The SMILES string of the molecule is O=C1C(=O)N(CCCN2CCOCC2)C(c2ccc([N+](=O)[O-])cc2)/C1=C(/O)c1ccc(Cl)cc1. The molecule has 0 bridgehead atoms. The number of carbonyl (C=O) groups excluding carboxylic acids is 2. The van der Waals surface area contributed by atoms with E-state index in [1.54, 1.807) is 24.3 Å². The number of hydrogen-bond acceptors (Lipinski definition) is 7. The first-order valence-corrected chi connectivity index (χ1v) is 11.3. The van der Waals surface area contributed by atoms with Crippen molar-refractivity contribution in [3.05, 3.63) is 80.4 Å². The average Bonchev–Trinajstić information content (AvgIpc) is 3.10. The number of aliphatic hydroxyl groups is 1. The summed E-state index contributed by atoms with van der Waals surface area (Å²) >= 11 is 5.94. The van der Waals surface area contributed by atoms with Crippen LogP contribution in [0.2, 0.25) is 5.02 Å². The molecule has 1 amide bonds. The molecule has 0 saturated carbocycles. The van der Waals surface area contributed by atoms with Crippen LogP contribution >= 0.6 is 11.6 Å². The maximum absolute atomic E-state index is 13.1. The van der Waals surface area contributed by atoms with Gasteiger partial charge in [0.05, 0.1) is 29.8 Å². The highest BCUT2D eigenvalue weighted by molar-refractivity contribution is 6.46. The summed E-state index contributed by atoms with van der Waals surface area (Å²) < 4.78 is 5.36. The minimum absolute atomic E-state index is 0.0486. The van der Waals surface area contributed by atoms with E-state index in [1.165, 1.54) is 29.2 Å². The zero-order chi connectivity index (χ0) is 24.2. The molecule has 0 aliphatic carbocycles. The number of nitro groups is 1. The second kappa shape index (κ2) is 10.3. The van der Waals surface area contributed by atoms with Crippen LogP contribution in [0.15, 0.2) is 54.1 Å². The molecule has 0 aromatic heterocycles. The predicted molar refractivity (Wildman–Crippen MR) is 125 cm³/mol. The van der Waals surface area contributed by atoms with E-state index in [-0.39, 0.29) is 17.0 Å². The molecule has 2 aliphatic heterocycles. The first-order valence-electron chi connectivity index (χ1n) is 11.0. The summed E-state index contributed by atoms with van der Waals surface area (Å²) in [5.41, 5.74) is 0.701. The number of Topliss-reactive ketones (excluding diaryl/α,β-unsaturated/α-hetero) is 1. The number of rotatable bonds is 7. The normalized spacial score (nSPS) is 20.6. The molecule has 2 saturated heterocycles. The summed E-state index contributed by atoms with van der Waals surface area (Å²) in [6.45, 7) is 3.96. The third kappa shape index (κ3) is 4.96. The molecule has 2 aliphatic rings. The fourth-order valence-electron chi connectivity index (χ4n) is 4.29. The standard InChI is InChI=1S/C24H24ClN3O6/c25-18-6-2-17(3-7-18)22(29)20-21(16-4-8-19(9-5-16)28(32)33)27(24(31)23(20)30)11-1-10-26-12-14-34-15-13-26/h2-9,21,29H,1,10-15H2/b22-20-. The second-order valence-electron chi connectivity index (χ2n) is 8.16. The van der Waals surface area contributed by atoms with Gasteiger partial charge in [0.15, 0.2) is 0 Å². The number of nitro benzene ring substituents is 1. The fourth-order valence-corrected chi connectivity index (χ4v) is 4.41. The Hall–Kier alpha value is -3.27. The Morgan fingerprint density at radius 3 is 2.32 bits per heavy atom. The third-order valence-corrected chi connectivity index (χ3v) is 6.31. The first-order chi connectivity index (χ1) is 16.4. The highest BCUT2D eigenvalue weighted by Gasteiger charge is 2.45. The number of likely N-dealkylation sites (tertiary alicyclic amines) is 1. The molecule has 2 aromatic carbocycles. The van der Waals surface area contributed by atoms with Gasteiger partial charge in [-0.25, -0.2) is 0 Å². The van der Waals surface area contributed by atoms with Crippen LogP contribution in [0, 0.1) is 10.1 Å². The maximum Gasteiger partial charge on any atom is 0.295 e. The second-order valence-corrected chi connectivity index (χ2v) is 8.59. The lowest BCUT2D eigenvalue weighted by Gasteiger charge is -2.29. The van der Waals surface area contributed by atoms with Crippen LogP contribution < -0.4 is 0 Å². The van der Waals surface area contributed by atoms with Crippen LogP contribution in [0.3, 0.4) is 0 Å². The number of aliphatic hydroxyl groups excluding tert-OH is 1. The summed E-state index contributed by atoms with van der Waals surface area (Å²) in [6, 6.07) is 11.1. The van der Waals surface area contributed by atoms with Gasteiger partial charge in [-0.3, -0.25) is 24.6 Å². The molecule has 178 valence electrons. The maximum atomic E-state index is 13.1. The van der Waals surface area contributed by atoms with Crippen molar-refractivity contribution in [1.29, 1.82) is 0 Å². The third-order valence-electron chi connectivity index (χ3n) is 6.05. The lowest BCUT2D eigenvalue weighted by atomic mass is 9.95. The number of ether oxygens (including phenoxy) is 1. The number of benzene rings is 2. The summed E-state index contributed by atoms with van der Waals surface area (Å²) in [7, 11) is 0. The number of nitrogens with zero attached hydrogens (tertiary/aromatic N) is 3. The van der Waals surface area contributed by atoms with Gasteiger partial charge in [-0.1, -0.05) is 11.6 Å². The monoisotopic (exact) mass is 485 g/mol. The van der Waals surface area contributed by atoms with Crippen molar-refractivity contribution in [2.45, 2.75) is 12.5 Å². The summed E-state index contributed by atoms with van der Waals surface area (Å²) in [6.07, 6.45) is 0.623. The van der Waals surface area contributed by atoms with E-state index in [4.69, 9.17) is 16.3 Å². The number of carbonyl (C=O) groups is 2. The van der Waals surface area contributed by atoms with E-state index in [0.29, 0.717) is 42.3 Å². The number of non-ortho nitro benzene ring substituents is 1. The lowest BCUT2D eigenvalue weighted by molar-refractivity contribution is -0.384. The van der Waals surface area contributed by atoms with Gasteiger partial charge in [-0.2, -0.15) is 0 Å². The number of morpholine rings is 1. The van der Waals surface area contributed by atoms with Gasteiger partial charge in [-0.15, -0.1) is 0 Å². The van der Waals surface area contributed by atoms with Gasteiger partial charge in [0.1, 0.15) is 5.76 Å². The Bertz CT molecular complexity index is 1110. The fraction of sp³-hybridized carbons (Fsp3) is 0.333. The predicted octanol–water partition coefficient (Wildman–Crippen LogP) is 3.39. The van der Waals surface area contributed by atoms with Gasteiger partial charge in [0, 0.05) is 48.9 Å². The Morgan fingerprint density at radius 2 is 1.71 bits per heavy atom. The van der Waals surface area contributed by atoms with Gasteiger partial charge in [0.25, 0.3) is 17.4 Å². The summed E-state index contributed by atoms with van der Waals surface area (Å²) in [5.74, 6) is -1.81. The van der Waals surface area contributed by atoms with Crippen molar-refractivity contribution in [1.82, 2.24) is 9.80 Å². The molecule has 1 N–H and O–H groups in total. The van der Waals surface area contributed by atoms with E-state index in [9.17, 15) is 24.8 Å². The minimum Gasteiger partial charge on any atom is -0.507 e. The Morgan fingerprint density at radius 1 is 1.06 bits per heavy atom. The quantitative estimate of drug-likeness (QED) is 0.210. The van der Waals surface area contributed by atoms with E-state index >= 15 is 0 Å². The largest absolute Gasteiger partial charge is 0.507 e. The molecular formula is C24H24ClN3O6.